The summed E-state index contributed by atoms with van der Waals surface area (Å²) in [7, 11) is 1.77. The number of ether oxygens (including phenoxy) is 1. The standard InChI is InChI=1S/C23H31NOS.C2H6/c1-5-7-13-23(6-2)16-24(19-11-9-8-10-12-19)20-14-18(3)21(25-4)15-22(20)26-17-23;1-2/h8-12,14-15H,5-7,13,16-17H2,1-4H3;1-2H3. The normalized spacial score (nSPS) is 18.6. The van der Waals surface area contributed by atoms with E-state index >= 15 is 0 Å². The Kier molecular flexibility index (Phi) is 8.75. The van der Waals surface area contributed by atoms with Crippen molar-refractivity contribution in [2.24, 2.45) is 5.41 Å². The Morgan fingerprint density at radius 2 is 1.82 bits per heavy atom. The maximum Gasteiger partial charge on any atom is 0.123 e. The first-order chi connectivity index (χ1) is 13.6. The summed E-state index contributed by atoms with van der Waals surface area (Å²) in [4.78, 5) is 3.88. The van der Waals surface area contributed by atoms with Gasteiger partial charge in [0.15, 0.2) is 0 Å². The molecular formula is C25H37NOS. The third kappa shape index (κ3) is 5.05. The van der Waals surface area contributed by atoms with Crippen LogP contribution in [0, 0.1) is 12.3 Å². The molecule has 2 nitrogen and oxygen atoms in total. The Hall–Kier alpha value is -1.61. The van der Waals surface area contributed by atoms with E-state index in [-0.39, 0.29) is 0 Å². The average molecular weight is 400 g/mol. The lowest BCUT2D eigenvalue weighted by molar-refractivity contribution is 0.295. The van der Waals surface area contributed by atoms with Crippen LogP contribution in [0.5, 0.6) is 5.75 Å². The van der Waals surface area contributed by atoms with Gasteiger partial charge in [0.2, 0.25) is 0 Å². The topological polar surface area (TPSA) is 12.5 Å². The van der Waals surface area contributed by atoms with Crippen LogP contribution in [0.1, 0.15) is 58.9 Å². The van der Waals surface area contributed by atoms with Crippen molar-refractivity contribution in [2.75, 3.05) is 24.3 Å². The van der Waals surface area contributed by atoms with Gasteiger partial charge in [-0.3, -0.25) is 0 Å². The van der Waals surface area contributed by atoms with Gasteiger partial charge in [0.1, 0.15) is 5.75 Å². The van der Waals surface area contributed by atoms with E-state index in [4.69, 9.17) is 4.74 Å². The number of nitrogens with zero attached hydrogens (tertiary/aromatic N) is 1. The molecule has 0 amide bonds. The Bertz CT molecular complexity index is 731. The zero-order valence-electron chi connectivity index (χ0n) is 18.5. The number of para-hydroxylation sites is 1. The summed E-state index contributed by atoms with van der Waals surface area (Å²) in [5.41, 5.74) is 4.16. The number of aryl methyl sites for hydroxylation is 1. The molecule has 1 heterocycles. The summed E-state index contributed by atoms with van der Waals surface area (Å²) in [6.07, 6.45) is 5.07. The van der Waals surface area contributed by atoms with E-state index in [1.165, 1.54) is 53.3 Å². The van der Waals surface area contributed by atoms with Crippen molar-refractivity contribution in [1.82, 2.24) is 0 Å². The summed E-state index contributed by atoms with van der Waals surface area (Å²) < 4.78 is 5.60. The average Bonchev–Trinajstić information content (AvgIpc) is 2.91. The third-order valence-electron chi connectivity index (χ3n) is 5.67. The lowest BCUT2D eigenvalue weighted by Gasteiger charge is -2.37. The SMILES string of the molecule is CC.CCCCC1(CC)CSc2cc(OC)c(C)cc2N(c2ccccc2)C1. The van der Waals surface area contributed by atoms with E-state index in [1.54, 1.807) is 7.11 Å². The molecule has 0 N–H and O–H groups in total. The van der Waals surface area contributed by atoms with E-state index in [1.807, 2.05) is 25.6 Å². The molecule has 28 heavy (non-hydrogen) atoms. The first kappa shape index (κ1) is 22.7. The molecule has 2 aromatic rings. The highest BCUT2D eigenvalue weighted by Crippen LogP contribution is 2.48. The van der Waals surface area contributed by atoms with Crippen LogP contribution in [-0.2, 0) is 0 Å². The van der Waals surface area contributed by atoms with E-state index < -0.39 is 0 Å². The molecule has 0 saturated carbocycles. The van der Waals surface area contributed by atoms with Gasteiger partial charge in [-0.1, -0.05) is 58.7 Å². The molecule has 1 atom stereocenters. The van der Waals surface area contributed by atoms with Gasteiger partial charge in [0.05, 0.1) is 12.8 Å². The quantitative estimate of drug-likeness (QED) is 0.490. The van der Waals surface area contributed by atoms with E-state index in [0.29, 0.717) is 5.41 Å². The monoisotopic (exact) mass is 399 g/mol. The number of benzene rings is 2. The molecule has 154 valence electrons. The fourth-order valence-corrected chi connectivity index (χ4v) is 5.24. The van der Waals surface area contributed by atoms with Crippen molar-refractivity contribution < 1.29 is 4.74 Å². The van der Waals surface area contributed by atoms with Crippen molar-refractivity contribution in [2.45, 2.75) is 65.2 Å². The molecule has 3 rings (SSSR count). The second-order valence-electron chi connectivity index (χ2n) is 7.46. The van der Waals surface area contributed by atoms with Crippen LogP contribution in [0.25, 0.3) is 0 Å². The van der Waals surface area contributed by atoms with Crippen LogP contribution in [0.2, 0.25) is 0 Å². The number of unbranched alkanes of at least 4 members (excludes halogenated alkanes) is 1. The molecule has 1 aliphatic rings. The predicted molar refractivity (Wildman–Crippen MR) is 126 cm³/mol. The van der Waals surface area contributed by atoms with Gasteiger partial charge < -0.3 is 9.64 Å². The zero-order chi connectivity index (χ0) is 20.6. The van der Waals surface area contributed by atoms with Gasteiger partial charge in [-0.05, 0) is 55.0 Å². The minimum absolute atomic E-state index is 0.344. The number of thioether (sulfide) groups is 1. The van der Waals surface area contributed by atoms with Gasteiger partial charge in [-0.15, -0.1) is 11.8 Å². The number of hydrogen-bond acceptors (Lipinski definition) is 3. The van der Waals surface area contributed by atoms with E-state index in [2.05, 4.69) is 68.1 Å². The zero-order valence-corrected chi connectivity index (χ0v) is 19.4. The minimum atomic E-state index is 0.344. The van der Waals surface area contributed by atoms with Crippen molar-refractivity contribution in [3.8, 4) is 5.75 Å². The van der Waals surface area contributed by atoms with Crippen molar-refractivity contribution in [3.63, 3.8) is 0 Å². The first-order valence-corrected chi connectivity index (χ1v) is 11.7. The summed E-state index contributed by atoms with van der Waals surface area (Å²) >= 11 is 2.01. The summed E-state index contributed by atoms with van der Waals surface area (Å²) in [5.74, 6) is 2.16. The minimum Gasteiger partial charge on any atom is -0.496 e. The maximum atomic E-state index is 5.60. The van der Waals surface area contributed by atoms with Crippen LogP contribution in [-0.4, -0.2) is 19.4 Å². The number of hydrogen-bond donors (Lipinski definition) is 0. The Morgan fingerprint density at radius 1 is 1.11 bits per heavy atom. The molecule has 0 fully saturated rings. The molecule has 3 heteroatoms. The fourth-order valence-electron chi connectivity index (χ4n) is 3.83. The Morgan fingerprint density at radius 3 is 2.43 bits per heavy atom. The highest BCUT2D eigenvalue weighted by Gasteiger charge is 2.35. The van der Waals surface area contributed by atoms with Gasteiger partial charge in [0.25, 0.3) is 0 Å². The van der Waals surface area contributed by atoms with Crippen LogP contribution >= 0.6 is 11.8 Å². The third-order valence-corrected chi connectivity index (χ3v) is 7.07. The Balaban J connectivity index is 0.00000136. The van der Waals surface area contributed by atoms with Gasteiger partial charge in [-0.25, -0.2) is 0 Å². The predicted octanol–water partition coefficient (Wildman–Crippen LogP) is 7.86. The highest BCUT2D eigenvalue weighted by molar-refractivity contribution is 7.99. The van der Waals surface area contributed by atoms with Gasteiger partial charge >= 0.3 is 0 Å². The molecule has 0 bridgehead atoms. The van der Waals surface area contributed by atoms with Crippen LogP contribution in [0.15, 0.2) is 47.4 Å². The number of methoxy groups -OCH3 is 1. The molecular weight excluding hydrogens is 362 g/mol. The van der Waals surface area contributed by atoms with E-state index in [9.17, 15) is 0 Å². The smallest absolute Gasteiger partial charge is 0.123 e. The molecule has 1 aliphatic heterocycles. The van der Waals surface area contributed by atoms with Crippen molar-refractivity contribution in [3.05, 3.63) is 48.0 Å². The van der Waals surface area contributed by atoms with Crippen molar-refractivity contribution in [1.29, 1.82) is 0 Å². The highest BCUT2D eigenvalue weighted by atomic mass is 32.2. The largest absolute Gasteiger partial charge is 0.496 e. The lowest BCUT2D eigenvalue weighted by atomic mass is 9.81. The molecule has 2 aromatic carbocycles. The second kappa shape index (κ2) is 10.8. The second-order valence-corrected chi connectivity index (χ2v) is 8.47. The van der Waals surface area contributed by atoms with Gasteiger partial charge in [0, 0.05) is 22.9 Å². The van der Waals surface area contributed by atoms with Crippen LogP contribution in [0.3, 0.4) is 0 Å². The van der Waals surface area contributed by atoms with Crippen molar-refractivity contribution >= 4 is 23.1 Å². The lowest BCUT2D eigenvalue weighted by Crippen LogP contribution is -2.35. The van der Waals surface area contributed by atoms with Crippen LogP contribution < -0.4 is 9.64 Å². The summed E-state index contributed by atoms with van der Waals surface area (Å²) in [6, 6.07) is 15.4. The fraction of sp³-hybridized carbons (Fsp3) is 0.520. The van der Waals surface area contributed by atoms with E-state index in [0.717, 1.165) is 12.3 Å². The first-order valence-electron chi connectivity index (χ1n) is 10.8. The Labute approximate surface area is 176 Å². The molecule has 1 unspecified atom stereocenters. The molecule has 0 aliphatic carbocycles. The summed E-state index contributed by atoms with van der Waals surface area (Å²) in [6.45, 7) is 11.9. The number of anilines is 2. The number of fused-ring (bicyclic) bond motifs is 1. The van der Waals surface area contributed by atoms with Crippen LogP contribution in [0.4, 0.5) is 11.4 Å². The van der Waals surface area contributed by atoms with Gasteiger partial charge in [-0.2, -0.15) is 0 Å². The molecule has 0 saturated heterocycles. The maximum absolute atomic E-state index is 5.60. The molecule has 0 aromatic heterocycles. The summed E-state index contributed by atoms with van der Waals surface area (Å²) in [5, 5.41) is 0. The molecule has 0 radical (unpaired) electrons. The molecule has 0 spiro atoms. The number of rotatable bonds is 6.